The Morgan fingerprint density at radius 3 is 1.85 bits per heavy atom. The van der Waals surface area contributed by atoms with Gasteiger partial charge in [-0.25, -0.2) is 4.79 Å². The topological polar surface area (TPSA) is 208 Å². The van der Waals surface area contributed by atoms with E-state index in [2.05, 4.69) is 23.3 Å². The van der Waals surface area contributed by atoms with Crippen molar-refractivity contribution in [3.8, 4) is 0 Å². The summed E-state index contributed by atoms with van der Waals surface area (Å²) >= 11 is 3.92. The van der Waals surface area contributed by atoms with E-state index >= 15 is 0 Å². The van der Waals surface area contributed by atoms with E-state index < -0.39 is 66.4 Å². The van der Waals surface area contributed by atoms with Gasteiger partial charge in [-0.05, 0) is 13.8 Å². The first kappa shape index (κ1) is 24.6. The van der Waals surface area contributed by atoms with Gasteiger partial charge in [-0.3, -0.25) is 19.2 Å². The molecule has 5 unspecified atom stereocenters. The number of carboxylic acid groups (broad SMARTS) is 2. The first-order valence-electron chi connectivity index (χ1n) is 7.80. The molecule has 0 saturated heterocycles. The van der Waals surface area contributed by atoms with Crippen LogP contribution in [0.5, 0.6) is 0 Å². The molecule has 0 fully saturated rings. The fraction of sp³-hybridized carbons (Fsp3) is 0.643. The molecule has 13 heteroatoms. The zero-order valence-corrected chi connectivity index (χ0v) is 15.6. The Morgan fingerprint density at radius 1 is 0.926 bits per heavy atom. The fourth-order valence-electron chi connectivity index (χ4n) is 1.73. The van der Waals surface area contributed by atoms with Crippen LogP contribution < -0.4 is 21.7 Å². The number of nitrogens with two attached hydrogens (primary N) is 1. The SMILES string of the molecule is CC(NC(=O)C(CS)NC(=O)C(N)C(C)O)C(=O)NC(CC(=O)O)C(=O)O. The van der Waals surface area contributed by atoms with Gasteiger partial charge in [-0.15, -0.1) is 0 Å². The van der Waals surface area contributed by atoms with E-state index in [1.807, 2.05) is 5.32 Å². The quantitative estimate of drug-likeness (QED) is 0.160. The number of thiol groups is 1. The Balaban J connectivity index is 4.84. The molecular weight excluding hydrogens is 384 g/mol. The van der Waals surface area contributed by atoms with E-state index in [0.717, 1.165) is 0 Å². The first-order valence-corrected chi connectivity index (χ1v) is 8.44. The Morgan fingerprint density at radius 2 is 1.44 bits per heavy atom. The van der Waals surface area contributed by atoms with Gasteiger partial charge < -0.3 is 37.0 Å². The minimum absolute atomic E-state index is 0.144. The maximum Gasteiger partial charge on any atom is 0.326 e. The molecule has 12 nitrogen and oxygen atoms in total. The predicted molar refractivity (Wildman–Crippen MR) is 94.9 cm³/mol. The summed E-state index contributed by atoms with van der Waals surface area (Å²) in [6.45, 7) is 2.54. The third-order valence-electron chi connectivity index (χ3n) is 3.38. The maximum absolute atomic E-state index is 12.1. The number of aliphatic carboxylic acids is 2. The molecule has 0 bridgehead atoms. The highest BCUT2D eigenvalue weighted by Gasteiger charge is 2.29. The zero-order valence-electron chi connectivity index (χ0n) is 14.7. The molecule has 3 amide bonds. The normalized spacial score (nSPS) is 16.2. The molecule has 0 spiro atoms. The molecule has 0 heterocycles. The van der Waals surface area contributed by atoms with Crippen molar-refractivity contribution in [3.63, 3.8) is 0 Å². The number of carbonyl (C=O) groups is 5. The van der Waals surface area contributed by atoms with Crippen LogP contribution in [0.1, 0.15) is 20.3 Å². The number of aliphatic hydroxyl groups is 1. The van der Waals surface area contributed by atoms with Crippen LogP contribution in [0.2, 0.25) is 0 Å². The van der Waals surface area contributed by atoms with Crippen LogP contribution in [-0.2, 0) is 24.0 Å². The highest BCUT2D eigenvalue weighted by Crippen LogP contribution is 1.97. The Bertz CT molecular complexity index is 585. The standard InChI is InChI=1S/C14H24N4O8S/c1-5(11(22)17-7(14(25)26)3-9(20)21)16-12(23)8(4-27)18-13(24)10(15)6(2)19/h5-8,10,19,27H,3-4,15H2,1-2H3,(H,16,23)(H,17,22)(H,18,24)(H,20,21)(H,25,26). The highest BCUT2D eigenvalue weighted by atomic mass is 32.1. The second kappa shape index (κ2) is 11.4. The number of carboxylic acids is 2. The molecule has 0 aromatic rings. The van der Waals surface area contributed by atoms with Crippen molar-refractivity contribution in [2.75, 3.05) is 5.75 Å². The lowest BCUT2D eigenvalue weighted by atomic mass is 10.1. The van der Waals surface area contributed by atoms with Gasteiger partial charge in [-0.1, -0.05) is 0 Å². The number of rotatable bonds is 11. The first-order chi connectivity index (χ1) is 12.4. The molecule has 5 atom stereocenters. The molecule has 8 N–H and O–H groups in total. The fourth-order valence-corrected chi connectivity index (χ4v) is 1.99. The van der Waals surface area contributed by atoms with Crippen LogP contribution in [0, 0.1) is 0 Å². The zero-order chi connectivity index (χ0) is 21.3. The van der Waals surface area contributed by atoms with Crippen molar-refractivity contribution in [2.45, 2.75) is 50.5 Å². The molecule has 0 rings (SSSR count). The van der Waals surface area contributed by atoms with Gasteiger partial charge in [0.1, 0.15) is 24.2 Å². The largest absolute Gasteiger partial charge is 0.481 e. The Kier molecular flexibility index (Phi) is 10.4. The van der Waals surface area contributed by atoms with Crippen LogP contribution in [0.4, 0.5) is 0 Å². The van der Waals surface area contributed by atoms with E-state index in [1.165, 1.54) is 13.8 Å². The van der Waals surface area contributed by atoms with Crippen LogP contribution >= 0.6 is 12.6 Å². The third kappa shape index (κ3) is 8.70. The summed E-state index contributed by atoms with van der Waals surface area (Å²) in [5.41, 5.74) is 5.45. The predicted octanol–water partition coefficient (Wildman–Crippen LogP) is -3.34. The van der Waals surface area contributed by atoms with E-state index in [0.29, 0.717) is 0 Å². The maximum atomic E-state index is 12.1. The molecule has 0 aromatic carbocycles. The number of amides is 3. The molecule has 154 valence electrons. The smallest absolute Gasteiger partial charge is 0.326 e. The second-order valence-electron chi connectivity index (χ2n) is 5.74. The molecule has 27 heavy (non-hydrogen) atoms. The molecule has 0 aliphatic carbocycles. The summed E-state index contributed by atoms with van der Waals surface area (Å²) in [7, 11) is 0. The van der Waals surface area contributed by atoms with Gasteiger partial charge in [0.25, 0.3) is 0 Å². The van der Waals surface area contributed by atoms with Crippen LogP contribution in [0.15, 0.2) is 0 Å². The number of aliphatic hydroxyl groups excluding tert-OH is 1. The van der Waals surface area contributed by atoms with E-state index in [-0.39, 0.29) is 5.75 Å². The van der Waals surface area contributed by atoms with E-state index in [1.54, 1.807) is 0 Å². The molecule has 0 radical (unpaired) electrons. The summed E-state index contributed by atoms with van der Waals surface area (Å²) in [6, 6.07) is -5.33. The molecule has 0 aliphatic rings. The number of hydrogen-bond donors (Lipinski definition) is 8. The average Bonchev–Trinajstić information content (AvgIpc) is 2.56. The molecular formula is C14H24N4O8S. The number of nitrogens with one attached hydrogen (secondary N) is 3. The number of carbonyl (C=O) groups excluding carboxylic acids is 3. The van der Waals surface area contributed by atoms with Gasteiger partial charge in [0.05, 0.1) is 12.5 Å². The highest BCUT2D eigenvalue weighted by molar-refractivity contribution is 7.80. The van der Waals surface area contributed by atoms with Crippen molar-refractivity contribution in [3.05, 3.63) is 0 Å². The minimum atomic E-state index is -1.67. The van der Waals surface area contributed by atoms with Crippen LogP contribution in [0.25, 0.3) is 0 Å². The summed E-state index contributed by atoms with van der Waals surface area (Å²) in [6.07, 6.45) is -1.99. The lowest BCUT2D eigenvalue weighted by Gasteiger charge is -2.23. The van der Waals surface area contributed by atoms with Crippen LogP contribution in [0.3, 0.4) is 0 Å². The third-order valence-corrected chi connectivity index (χ3v) is 3.75. The average molecular weight is 408 g/mol. The van der Waals surface area contributed by atoms with Crippen molar-refractivity contribution in [1.29, 1.82) is 0 Å². The Labute approximate surface area is 160 Å². The lowest BCUT2D eigenvalue weighted by Crippen LogP contribution is -2.58. The molecule has 0 aliphatic heterocycles. The number of hydrogen-bond acceptors (Lipinski definition) is 8. The van der Waals surface area contributed by atoms with E-state index in [9.17, 15) is 29.1 Å². The summed E-state index contributed by atoms with van der Waals surface area (Å²) < 4.78 is 0. The summed E-state index contributed by atoms with van der Waals surface area (Å²) in [4.78, 5) is 57.5. The second-order valence-corrected chi connectivity index (χ2v) is 6.10. The monoisotopic (exact) mass is 408 g/mol. The van der Waals surface area contributed by atoms with Crippen molar-refractivity contribution >= 4 is 42.3 Å². The molecule has 0 saturated carbocycles. The molecule has 0 aromatic heterocycles. The van der Waals surface area contributed by atoms with Crippen molar-refractivity contribution < 1.29 is 39.3 Å². The van der Waals surface area contributed by atoms with Gasteiger partial charge in [0, 0.05) is 5.75 Å². The van der Waals surface area contributed by atoms with Crippen LogP contribution in [-0.4, -0.2) is 81.0 Å². The van der Waals surface area contributed by atoms with E-state index in [4.69, 9.17) is 15.9 Å². The Hall–Kier alpha value is -2.38. The summed E-state index contributed by atoms with van der Waals surface area (Å²) in [5, 5.41) is 33.3. The minimum Gasteiger partial charge on any atom is -0.481 e. The summed E-state index contributed by atoms with van der Waals surface area (Å²) in [5.74, 6) is -5.65. The van der Waals surface area contributed by atoms with Crippen molar-refractivity contribution in [1.82, 2.24) is 16.0 Å². The van der Waals surface area contributed by atoms with Gasteiger partial charge in [0.2, 0.25) is 17.7 Å². The van der Waals surface area contributed by atoms with Crippen molar-refractivity contribution in [2.24, 2.45) is 5.73 Å². The van der Waals surface area contributed by atoms with Gasteiger partial charge in [0.15, 0.2) is 0 Å². The lowest BCUT2D eigenvalue weighted by molar-refractivity contribution is -0.147. The van der Waals surface area contributed by atoms with Gasteiger partial charge in [-0.2, -0.15) is 12.6 Å². The van der Waals surface area contributed by atoms with Gasteiger partial charge >= 0.3 is 11.9 Å².